The molecule has 0 unspecified atom stereocenters. The van der Waals surface area contributed by atoms with Crippen LogP contribution < -0.4 is 4.31 Å². The van der Waals surface area contributed by atoms with Gasteiger partial charge in [-0.3, -0.25) is 9.40 Å². The molecule has 1 aromatic carbocycles. The molecule has 0 radical (unpaired) electrons. The number of sulfonamides is 1. The van der Waals surface area contributed by atoms with Gasteiger partial charge in [0.25, 0.3) is 10.0 Å². The van der Waals surface area contributed by atoms with E-state index in [1.54, 1.807) is 0 Å². The fourth-order valence-corrected chi connectivity index (χ4v) is 2.90. The van der Waals surface area contributed by atoms with E-state index < -0.39 is 26.6 Å². The summed E-state index contributed by atoms with van der Waals surface area (Å²) in [4.78, 5) is 11.0. The monoisotopic (exact) mass is 306 g/mol. The normalized spacial score (nSPS) is 10.9. The molecule has 0 aliphatic rings. The molecule has 0 saturated heterocycles. The number of aromatic amines is 1. The maximum atomic E-state index is 12.4. The molecule has 108 valence electrons. The Hall–Kier alpha value is -2.86. The Labute approximate surface area is 120 Å². The minimum Gasteiger partial charge on any atom is -0.478 e. The van der Waals surface area contributed by atoms with Crippen LogP contribution in [0.3, 0.4) is 0 Å². The molecule has 0 atom stereocenters. The summed E-state index contributed by atoms with van der Waals surface area (Å²) in [7, 11) is -2.81. The average Bonchev–Trinajstić information content (AvgIpc) is 2.97. The topological polar surface area (TPSA) is 127 Å². The van der Waals surface area contributed by atoms with Crippen molar-refractivity contribution < 1.29 is 18.3 Å². The molecule has 21 heavy (non-hydrogen) atoms. The maximum absolute atomic E-state index is 12.4. The van der Waals surface area contributed by atoms with Crippen molar-refractivity contribution in [1.82, 2.24) is 10.2 Å². The van der Waals surface area contributed by atoms with E-state index in [-0.39, 0.29) is 0 Å². The second kappa shape index (κ2) is 5.26. The van der Waals surface area contributed by atoms with E-state index in [4.69, 9.17) is 10.4 Å². The molecule has 0 saturated carbocycles. The lowest BCUT2D eigenvalue weighted by molar-refractivity contribution is 0.0692. The van der Waals surface area contributed by atoms with Crippen molar-refractivity contribution >= 4 is 21.7 Å². The minimum atomic E-state index is -4.09. The number of nitrogens with one attached hydrogen (secondary N) is 1. The first-order valence-corrected chi connectivity index (χ1v) is 7.07. The van der Waals surface area contributed by atoms with Gasteiger partial charge in [-0.2, -0.15) is 18.8 Å². The van der Waals surface area contributed by atoms with Crippen molar-refractivity contribution in [2.24, 2.45) is 0 Å². The molecule has 2 N–H and O–H groups in total. The Morgan fingerprint density at radius 2 is 2.00 bits per heavy atom. The van der Waals surface area contributed by atoms with E-state index in [0.717, 1.165) is 10.5 Å². The lowest BCUT2D eigenvalue weighted by Gasteiger charge is -2.18. The lowest BCUT2D eigenvalue weighted by Crippen LogP contribution is -2.28. The lowest BCUT2D eigenvalue weighted by atomic mass is 10.2. The summed E-state index contributed by atoms with van der Waals surface area (Å²) >= 11 is 0. The van der Waals surface area contributed by atoms with Gasteiger partial charge in [-0.25, -0.2) is 4.79 Å². The van der Waals surface area contributed by atoms with Crippen LogP contribution in [0.4, 0.5) is 5.69 Å². The number of nitriles is 1. The van der Waals surface area contributed by atoms with E-state index in [9.17, 15) is 13.2 Å². The summed E-state index contributed by atoms with van der Waals surface area (Å²) in [5.41, 5.74) is 0.243. The van der Waals surface area contributed by atoms with Crippen molar-refractivity contribution in [2.45, 2.75) is 5.03 Å². The fourth-order valence-electron chi connectivity index (χ4n) is 1.64. The van der Waals surface area contributed by atoms with Crippen LogP contribution in [0.15, 0.2) is 35.5 Å². The number of aromatic carboxylic acids is 1. The largest absolute Gasteiger partial charge is 0.478 e. The van der Waals surface area contributed by atoms with Gasteiger partial charge in [0, 0.05) is 7.05 Å². The number of carbonyl (C=O) groups is 1. The third kappa shape index (κ3) is 2.56. The van der Waals surface area contributed by atoms with Crippen molar-refractivity contribution in [3.05, 3.63) is 41.6 Å². The summed E-state index contributed by atoms with van der Waals surface area (Å²) in [6.45, 7) is 0. The second-order valence-corrected chi connectivity index (χ2v) is 5.96. The number of hydrogen-bond acceptors (Lipinski definition) is 5. The van der Waals surface area contributed by atoms with E-state index in [1.807, 2.05) is 6.07 Å². The molecule has 2 aromatic rings. The Morgan fingerprint density at radius 3 is 2.52 bits per heavy atom. The zero-order valence-electron chi connectivity index (χ0n) is 10.8. The molecular weight excluding hydrogens is 296 g/mol. The summed E-state index contributed by atoms with van der Waals surface area (Å²) in [5.74, 6) is -1.39. The molecule has 9 heteroatoms. The molecule has 0 aliphatic carbocycles. The molecule has 8 nitrogen and oxygen atoms in total. The molecule has 0 spiro atoms. The first-order chi connectivity index (χ1) is 9.87. The van der Waals surface area contributed by atoms with Crippen LogP contribution in [-0.2, 0) is 10.0 Å². The zero-order valence-corrected chi connectivity index (χ0v) is 11.6. The molecule has 1 heterocycles. The van der Waals surface area contributed by atoms with Crippen molar-refractivity contribution in [2.75, 3.05) is 11.4 Å². The highest BCUT2D eigenvalue weighted by molar-refractivity contribution is 7.92. The number of carboxylic acids is 1. The Bertz CT molecular complexity index is 818. The van der Waals surface area contributed by atoms with Gasteiger partial charge < -0.3 is 5.11 Å². The molecule has 0 amide bonds. The maximum Gasteiger partial charge on any atom is 0.340 e. The van der Waals surface area contributed by atoms with Crippen LogP contribution >= 0.6 is 0 Å². The van der Waals surface area contributed by atoms with Gasteiger partial charge in [-0.1, -0.05) is 0 Å². The zero-order chi connectivity index (χ0) is 15.6. The molecule has 0 aliphatic heterocycles. The van der Waals surface area contributed by atoms with Crippen LogP contribution in [0.5, 0.6) is 0 Å². The van der Waals surface area contributed by atoms with Gasteiger partial charge >= 0.3 is 5.97 Å². The van der Waals surface area contributed by atoms with E-state index in [1.165, 1.54) is 31.3 Å². The second-order valence-electron chi connectivity index (χ2n) is 4.05. The predicted octanol–water partition coefficient (Wildman–Crippen LogP) is 0.805. The molecule has 0 fully saturated rings. The van der Waals surface area contributed by atoms with Crippen molar-refractivity contribution in [3.63, 3.8) is 0 Å². The van der Waals surface area contributed by atoms with Gasteiger partial charge in [0.15, 0.2) is 5.03 Å². The van der Waals surface area contributed by atoms with Gasteiger partial charge in [-0.15, -0.1) is 0 Å². The quantitative estimate of drug-likeness (QED) is 0.860. The minimum absolute atomic E-state index is 0.292. The van der Waals surface area contributed by atoms with E-state index >= 15 is 0 Å². The van der Waals surface area contributed by atoms with Gasteiger partial charge in [0.2, 0.25) is 0 Å². The summed E-state index contributed by atoms with van der Waals surface area (Å²) in [5, 5.41) is 22.8. The molecule has 1 aromatic heterocycles. The highest BCUT2D eigenvalue weighted by Gasteiger charge is 2.29. The number of benzene rings is 1. The molecule has 2 rings (SSSR count). The standard InChI is InChI=1S/C12H10N4O4S/c1-16(9-4-2-8(6-13)3-5-9)21(19,20)11-10(12(17)18)7-14-15-11/h2-5,7H,1H3,(H,14,15)(H,17,18). The van der Waals surface area contributed by atoms with Crippen LogP contribution in [0.1, 0.15) is 15.9 Å². The summed E-state index contributed by atoms with van der Waals surface area (Å²) < 4.78 is 25.7. The van der Waals surface area contributed by atoms with E-state index in [2.05, 4.69) is 10.2 Å². The van der Waals surface area contributed by atoms with Crippen molar-refractivity contribution in [1.29, 1.82) is 5.26 Å². The van der Waals surface area contributed by atoms with Crippen LogP contribution in [0, 0.1) is 11.3 Å². The van der Waals surface area contributed by atoms with Crippen LogP contribution in [0.2, 0.25) is 0 Å². The van der Waals surface area contributed by atoms with E-state index in [0.29, 0.717) is 11.3 Å². The number of rotatable bonds is 4. The van der Waals surface area contributed by atoms with Gasteiger partial charge in [0.1, 0.15) is 5.56 Å². The summed E-state index contributed by atoms with van der Waals surface area (Å²) in [6.07, 6.45) is 0.932. The first kappa shape index (κ1) is 14.5. The number of carboxylic acid groups (broad SMARTS) is 1. The Morgan fingerprint density at radius 1 is 1.38 bits per heavy atom. The van der Waals surface area contributed by atoms with Gasteiger partial charge in [0.05, 0.1) is 23.5 Å². The third-order valence-corrected chi connectivity index (χ3v) is 4.57. The molecular formula is C12H10N4O4S. The van der Waals surface area contributed by atoms with Crippen LogP contribution in [-0.4, -0.2) is 36.7 Å². The predicted molar refractivity (Wildman–Crippen MR) is 72.3 cm³/mol. The van der Waals surface area contributed by atoms with Gasteiger partial charge in [-0.05, 0) is 24.3 Å². The number of aromatic nitrogens is 2. The number of nitrogens with zero attached hydrogens (tertiary/aromatic N) is 3. The highest BCUT2D eigenvalue weighted by Crippen LogP contribution is 2.23. The van der Waals surface area contributed by atoms with Crippen molar-refractivity contribution in [3.8, 4) is 6.07 Å². The molecule has 0 bridgehead atoms. The number of anilines is 1. The third-order valence-electron chi connectivity index (χ3n) is 2.81. The number of H-pyrrole nitrogens is 1. The Balaban J connectivity index is 2.45. The first-order valence-electron chi connectivity index (χ1n) is 5.63. The number of hydrogen-bond donors (Lipinski definition) is 2. The highest BCUT2D eigenvalue weighted by atomic mass is 32.2. The smallest absolute Gasteiger partial charge is 0.340 e. The fraction of sp³-hybridized carbons (Fsp3) is 0.0833. The average molecular weight is 306 g/mol. The Kier molecular flexibility index (Phi) is 3.64. The SMILES string of the molecule is CN(c1ccc(C#N)cc1)S(=O)(=O)c1[nH]ncc1C(=O)O. The van der Waals surface area contributed by atoms with Crippen LogP contribution in [0.25, 0.3) is 0 Å². The summed E-state index contributed by atoms with van der Waals surface area (Å²) in [6, 6.07) is 7.75.